The number of hydrogen-bond donors (Lipinski definition) is 0. The molecule has 6 heteroatoms. The summed E-state index contributed by atoms with van der Waals surface area (Å²) in [6.45, 7) is 1.51. The summed E-state index contributed by atoms with van der Waals surface area (Å²) in [6.07, 6.45) is 0.399. The molecule has 0 amide bonds. The van der Waals surface area contributed by atoms with E-state index in [1.807, 2.05) is 61.5 Å². The third-order valence-electron chi connectivity index (χ3n) is 5.16. The smallest absolute Gasteiger partial charge is 0.340 e. The minimum absolute atomic E-state index is 0.161. The van der Waals surface area contributed by atoms with Gasteiger partial charge < -0.3 is 13.9 Å². The highest BCUT2D eigenvalue weighted by molar-refractivity contribution is 5.90. The maximum Gasteiger partial charge on any atom is 0.340 e. The molecule has 0 saturated heterocycles. The second kappa shape index (κ2) is 8.61. The number of rotatable bonds is 6. The molecule has 0 unspecified atom stereocenters. The van der Waals surface area contributed by atoms with Gasteiger partial charge >= 0.3 is 5.63 Å². The standard InChI is InChI=1S/C25H18N2O4/c1-16-21(13-18-7-4-6-17-5-2-3-8-20(17)18)25(28)31-23-15-19(29-11-9-26)14-22(24(16)23)30-12-10-27/h2-8,14-15H,11-13H2,1H3. The van der Waals surface area contributed by atoms with Gasteiger partial charge in [-0.05, 0) is 28.8 Å². The van der Waals surface area contributed by atoms with Gasteiger partial charge in [0.1, 0.15) is 29.2 Å². The van der Waals surface area contributed by atoms with Crippen molar-refractivity contribution < 1.29 is 13.9 Å². The average Bonchev–Trinajstić information content (AvgIpc) is 2.78. The Balaban J connectivity index is 1.88. The molecule has 0 saturated carbocycles. The fourth-order valence-corrected chi connectivity index (χ4v) is 3.75. The fraction of sp³-hybridized carbons (Fsp3) is 0.160. The van der Waals surface area contributed by atoms with Gasteiger partial charge in [0.2, 0.25) is 0 Å². The van der Waals surface area contributed by atoms with Crippen LogP contribution in [0.1, 0.15) is 16.7 Å². The first-order chi connectivity index (χ1) is 15.1. The van der Waals surface area contributed by atoms with Crippen LogP contribution in [0.15, 0.2) is 63.8 Å². The molecule has 6 nitrogen and oxygen atoms in total. The van der Waals surface area contributed by atoms with E-state index in [0.717, 1.165) is 21.9 Å². The summed E-state index contributed by atoms with van der Waals surface area (Å²) in [6, 6.07) is 21.0. The van der Waals surface area contributed by atoms with Crippen LogP contribution in [-0.2, 0) is 6.42 Å². The highest BCUT2D eigenvalue weighted by Gasteiger charge is 2.18. The summed E-state index contributed by atoms with van der Waals surface area (Å²) in [7, 11) is 0. The summed E-state index contributed by atoms with van der Waals surface area (Å²) >= 11 is 0. The normalized spacial score (nSPS) is 10.5. The van der Waals surface area contributed by atoms with E-state index in [4.69, 9.17) is 24.4 Å². The van der Waals surface area contributed by atoms with Gasteiger partial charge in [-0.2, -0.15) is 10.5 Å². The Labute approximate surface area is 178 Å². The number of nitrogens with zero attached hydrogens (tertiary/aromatic N) is 2. The monoisotopic (exact) mass is 410 g/mol. The lowest BCUT2D eigenvalue weighted by atomic mass is 9.95. The van der Waals surface area contributed by atoms with Crippen LogP contribution >= 0.6 is 0 Å². The quantitative estimate of drug-likeness (QED) is 0.429. The topological polar surface area (TPSA) is 96.2 Å². The van der Waals surface area contributed by atoms with E-state index in [1.165, 1.54) is 0 Å². The minimum Gasteiger partial charge on any atom is -0.478 e. The van der Waals surface area contributed by atoms with Crippen molar-refractivity contribution in [3.8, 4) is 23.6 Å². The first-order valence-electron chi connectivity index (χ1n) is 9.69. The van der Waals surface area contributed by atoms with Gasteiger partial charge in [0.15, 0.2) is 13.2 Å². The van der Waals surface area contributed by atoms with Crippen LogP contribution in [0, 0.1) is 29.6 Å². The van der Waals surface area contributed by atoms with Crippen LogP contribution in [0.5, 0.6) is 11.5 Å². The summed E-state index contributed by atoms with van der Waals surface area (Å²) in [4.78, 5) is 12.9. The predicted molar refractivity (Wildman–Crippen MR) is 116 cm³/mol. The van der Waals surface area contributed by atoms with E-state index in [1.54, 1.807) is 12.1 Å². The molecule has 0 N–H and O–H groups in total. The fourth-order valence-electron chi connectivity index (χ4n) is 3.75. The van der Waals surface area contributed by atoms with Gasteiger partial charge in [-0.25, -0.2) is 4.79 Å². The number of aryl methyl sites for hydroxylation is 1. The molecule has 1 aromatic heterocycles. The third-order valence-corrected chi connectivity index (χ3v) is 5.16. The Morgan fingerprint density at radius 3 is 2.52 bits per heavy atom. The van der Waals surface area contributed by atoms with Gasteiger partial charge in [-0.1, -0.05) is 42.5 Å². The zero-order valence-electron chi connectivity index (χ0n) is 16.8. The number of nitriles is 2. The first kappa shape index (κ1) is 20.0. The second-order valence-electron chi connectivity index (χ2n) is 7.00. The highest BCUT2D eigenvalue weighted by Crippen LogP contribution is 2.35. The van der Waals surface area contributed by atoms with Crippen molar-refractivity contribution in [2.75, 3.05) is 13.2 Å². The molecule has 0 atom stereocenters. The molecule has 3 aromatic carbocycles. The molecule has 0 aliphatic carbocycles. The van der Waals surface area contributed by atoms with Crippen LogP contribution in [-0.4, -0.2) is 13.2 Å². The molecule has 0 bridgehead atoms. The van der Waals surface area contributed by atoms with Gasteiger partial charge in [0.05, 0.1) is 5.39 Å². The van der Waals surface area contributed by atoms with Crippen LogP contribution in [0.3, 0.4) is 0 Å². The zero-order chi connectivity index (χ0) is 21.8. The largest absolute Gasteiger partial charge is 0.478 e. The Bertz CT molecular complexity index is 1420. The Morgan fingerprint density at radius 2 is 1.71 bits per heavy atom. The van der Waals surface area contributed by atoms with Crippen LogP contribution in [0.4, 0.5) is 0 Å². The van der Waals surface area contributed by atoms with Crippen molar-refractivity contribution >= 4 is 21.7 Å². The van der Waals surface area contributed by atoms with Gasteiger partial charge in [-0.3, -0.25) is 0 Å². The maximum atomic E-state index is 12.9. The van der Waals surface area contributed by atoms with E-state index in [9.17, 15) is 4.79 Å². The van der Waals surface area contributed by atoms with E-state index in [-0.39, 0.29) is 18.8 Å². The third kappa shape index (κ3) is 3.92. The molecule has 0 aliphatic heterocycles. The molecule has 31 heavy (non-hydrogen) atoms. The molecule has 0 radical (unpaired) electrons. The first-order valence-corrected chi connectivity index (χ1v) is 9.69. The number of benzene rings is 3. The lowest BCUT2D eigenvalue weighted by Crippen LogP contribution is -2.12. The zero-order valence-corrected chi connectivity index (χ0v) is 16.8. The van der Waals surface area contributed by atoms with Crippen molar-refractivity contribution in [1.82, 2.24) is 0 Å². The number of fused-ring (bicyclic) bond motifs is 2. The molecule has 4 rings (SSSR count). The molecular weight excluding hydrogens is 392 g/mol. The van der Waals surface area contributed by atoms with Crippen molar-refractivity contribution in [2.24, 2.45) is 0 Å². The molecule has 4 aromatic rings. The molecule has 0 fully saturated rings. The van der Waals surface area contributed by atoms with Crippen LogP contribution in [0.25, 0.3) is 21.7 Å². The second-order valence-corrected chi connectivity index (χ2v) is 7.00. The van der Waals surface area contributed by atoms with E-state index >= 15 is 0 Å². The van der Waals surface area contributed by atoms with Gasteiger partial charge in [0, 0.05) is 24.1 Å². The summed E-state index contributed by atoms with van der Waals surface area (Å²) in [5.74, 6) is 0.693. The van der Waals surface area contributed by atoms with Crippen LogP contribution < -0.4 is 15.1 Å². The summed E-state index contributed by atoms with van der Waals surface area (Å²) in [5.41, 5.74) is 2.10. The van der Waals surface area contributed by atoms with Crippen molar-refractivity contribution in [2.45, 2.75) is 13.3 Å². The average molecular weight is 410 g/mol. The molecule has 0 spiro atoms. The van der Waals surface area contributed by atoms with Crippen molar-refractivity contribution in [3.05, 3.63) is 81.7 Å². The van der Waals surface area contributed by atoms with E-state index in [0.29, 0.717) is 28.9 Å². The molecule has 152 valence electrons. The highest BCUT2D eigenvalue weighted by atomic mass is 16.5. The SMILES string of the molecule is Cc1c(Cc2cccc3ccccc23)c(=O)oc2cc(OCC#N)cc(OCC#N)c12. The van der Waals surface area contributed by atoms with Crippen LogP contribution in [0.2, 0.25) is 0 Å². The van der Waals surface area contributed by atoms with E-state index in [2.05, 4.69) is 0 Å². The molecular formula is C25H18N2O4. The summed E-state index contributed by atoms with van der Waals surface area (Å²) in [5, 5.41) is 20.5. The van der Waals surface area contributed by atoms with Gasteiger partial charge in [-0.15, -0.1) is 0 Å². The number of hydrogen-bond acceptors (Lipinski definition) is 6. The number of ether oxygens (including phenoxy) is 2. The van der Waals surface area contributed by atoms with E-state index < -0.39 is 5.63 Å². The predicted octanol–water partition coefficient (Wildman–Crippen LogP) is 4.65. The molecule has 1 heterocycles. The van der Waals surface area contributed by atoms with Gasteiger partial charge in [0.25, 0.3) is 0 Å². The molecule has 0 aliphatic rings. The van der Waals surface area contributed by atoms with Crippen molar-refractivity contribution in [3.63, 3.8) is 0 Å². The Kier molecular flexibility index (Phi) is 5.55. The lowest BCUT2D eigenvalue weighted by molar-refractivity contribution is 0.351. The Morgan fingerprint density at radius 1 is 0.968 bits per heavy atom. The summed E-state index contributed by atoms with van der Waals surface area (Å²) < 4.78 is 16.6. The minimum atomic E-state index is -0.443. The van der Waals surface area contributed by atoms with Crippen molar-refractivity contribution in [1.29, 1.82) is 10.5 Å². The maximum absolute atomic E-state index is 12.9. The Hall–Kier alpha value is -4.29. The lowest BCUT2D eigenvalue weighted by Gasteiger charge is -2.14.